The molecule has 1 aliphatic carbocycles. The first kappa shape index (κ1) is 10.1. The van der Waals surface area contributed by atoms with E-state index in [1.807, 2.05) is 30.3 Å². The summed E-state index contributed by atoms with van der Waals surface area (Å²) in [5.74, 6) is -0.841. The van der Waals surface area contributed by atoms with Crippen LogP contribution in [0.5, 0.6) is 0 Å². The Hall–Kier alpha value is -2.10. The van der Waals surface area contributed by atoms with E-state index in [0.717, 1.165) is 16.8 Å². The van der Waals surface area contributed by atoms with Gasteiger partial charge in [0.15, 0.2) is 0 Å². The van der Waals surface area contributed by atoms with Crippen molar-refractivity contribution >= 4 is 5.97 Å². The number of carboxylic acid groups (broad SMARTS) is 1. The Morgan fingerprint density at radius 1 is 1.35 bits per heavy atom. The summed E-state index contributed by atoms with van der Waals surface area (Å²) in [7, 11) is 0. The van der Waals surface area contributed by atoms with E-state index < -0.39 is 5.97 Å². The Balaban J connectivity index is 1.94. The van der Waals surface area contributed by atoms with Crippen LogP contribution in [0.3, 0.4) is 0 Å². The van der Waals surface area contributed by atoms with Gasteiger partial charge in [-0.25, -0.2) is 0 Å². The van der Waals surface area contributed by atoms with E-state index in [1.165, 1.54) is 0 Å². The largest absolute Gasteiger partial charge is 0.481 e. The summed E-state index contributed by atoms with van der Waals surface area (Å²) in [5, 5.41) is 15.9. The molecule has 2 unspecified atom stereocenters. The van der Waals surface area contributed by atoms with Crippen molar-refractivity contribution in [1.29, 1.82) is 0 Å². The topological polar surface area (TPSA) is 66.0 Å². The summed E-state index contributed by atoms with van der Waals surface area (Å²) >= 11 is 0. The molecule has 86 valence electrons. The zero-order chi connectivity index (χ0) is 11.8. The lowest BCUT2D eigenvalue weighted by molar-refractivity contribution is -0.138. The molecule has 0 radical (unpaired) electrons. The van der Waals surface area contributed by atoms with E-state index >= 15 is 0 Å². The fourth-order valence-corrected chi connectivity index (χ4v) is 2.22. The zero-order valence-electron chi connectivity index (χ0n) is 9.13. The number of H-pyrrole nitrogens is 1. The van der Waals surface area contributed by atoms with Gasteiger partial charge >= 0.3 is 5.97 Å². The van der Waals surface area contributed by atoms with Crippen LogP contribution in [0.1, 0.15) is 17.9 Å². The molecule has 1 saturated carbocycles. The van der Waals surface area contributed by atoms with Crippen LogP contribution in [0.4, 0.5) is 0 Å². The molecule has 2 aromatic rings. The van der Waals surface area contributed by atoms with Crippen molar-refractivity contribution in [3.05, 3.63) is 42.1 Å². The Bertz CT molecular complexity index is 548. The number of aromatic nitrogens is 2. The first-order chi connectivity index (χ1) is 8.27. The van der Waals surface area contributed by atoms with Crippen molar-refractivity contribution in [3.63, 3.8) is 0 Å². The summed E-state index contributed by atoms with van der Waals surface area (Å²) < 4.78 is 0. The highest BCUT2D eigenvalue weighted by molar-refractivity contribution is 5.77. The average molecular weight is 228 g/mol. The third kappa shape index (κ3) is 1.71. The van der Waals surface area contributed by atoms with Crippen molar-refractivity contribution in [2.45, 2.75) is 12.3 Å². The van der Waals surface area contributed by atoms with Crippen molar-refractivity contribution < 1.29 is 9.90 Å². The lowest BCUT2D eigenvalue weighted by Crippen LogP contribution is -1.99. The van der Waals surface area contributed by atoms with Crippen LogP contribution in [0.25, 0.3) is 11.3 Å². The molecular formula is C13H12N2O2. The number of rotatable bonds is 3. The van der Waals surface area contributed by atoms with Crippen LogP contribution in [0.2, 0.25) is 0 Å². The third-order valence-corrected chi connectivity index (χ3v) is 3.24. The van der Waals surface area contributed by atoms with Gasteiger partial charge in [-0.3, -0.25) is 9.89 Å². The predicted octanol–water partition coefficient (Wildman–Crippen LogP) is 2.26. The van der Waals surface area contributed by atoms with Gasteiger partial charge in [0, 0.05) is 11.5 Å². The van der Waals surface area contributed by atoms with Gasteiger partial charge in [0.05, 0.1) is 17.8 Å². The summed E-state index contributed by atoms with van der Waals surface area (Å²) in [6.07, 6.45) is 2.46. The van der Waals surface area contributed by atoms with Gasteiger partial charge in [-0.05, 0) is 12.0 Å². The molecule has 0 amide bonds. The molecule has 1 fully saturated rings. The summed E-state index contributed by atoms with van der Waals surface area (Å²) in [6.45, 7) is 0. The third-order valence-electron chi connectivity index (χ3n) is 3.24. The highest BCUT2D eigenvalue weighted by Crippen LogP contribution is 2.49. The molecule has 1 aliphatic rings. The SMILES string of the molecule is O=C(O)C1CC1c1cn[nH]c1-c1ccccc1. The van der Waals surface area contributed by atoms with E-state index in [0.29, 0.717) is 6.42 Å². The number of nitrogens with one attached hydrogen (secondary N) is 1. The van der Waals surface area contributed by atoms with Crippen LogP contribution in [0, 0.1) is 5.92 Å². The smallest absolute Gasteiger partial charge is 0.307 e. The summed E-state index contributed by atoms with van der Waals surface area (Å²) in [4.78, 5) is 10.9. The second-order valence-corrected chi connectivity index (χ2v) is 4.35. The van der Waals surface area contributed by atoms with Gasteiger partial charge in [0.2, 0.25) is 0 Å². The minimum Gasteiger partial charge on any atom is -0.481 e. The van der Waals surface area contributed by atoms with E-state index in [-0.39, 0.29) is 11.8 Å². The lowest BCUT2D eigenvalue weighted by atomic mass is 10.0. The molecule has 4 nitrogen and oxygen atoms in total. The molecule has 0 saturated heterocycles. The van der Waals surface area contributed by atoms with E-state index in [9.17, 15) is 4.79 Å². The maximum atomic E-state index is 10.9. The lowest BCUT2D eigenvalue weighted by Gasteiger charge is -2.01. The van der Waals surface area contributed by atoms with Crippen molar-refractivity contribution in [1.82, 2.24) is 10.2 Å². The number of nitrogens with zero attached hydrogens (tertiary/aromatic N) is 1. The summed E-state index contributed by atoms with van der Waals surface area (Å²) in [6, 6.07) is 9.87. The molecule has 1 aromatic carbocycles. The Morgan fingerprint density at radius 3 is 2.76 bits per heavy atom. The van der Waals surface area contributed by atoms with Crippen molar-refractivity contribution in [2.24, 2.45) is 5.92 Å². The Kier molecular flexibility index (Phi) is 2.21. The van der Waals surface area contributed by atoms with Gasteiger partial charge in [0.25, 0.3) is 0 Å². The van der Waals surface area contributed by atoms with Crippen molar-refractivity contribution in [3.8, 4) is 11.3 Å². The number of carboxylic acids is 1. The average Bonchev–Trinajstić information content (AvgIpc) is 3.00. The molecule has 17 heavy (non-hydrogen) atoms. The van der Waals surface area contributed by atoms with Crippen LogP contribution >= 0.6 is 0 Å². The fraction of sp³-hybridized carbons (Fsp3) is 0.231. The minimum atomic E-state index is -0.713. The molecule has 2 atom stereocenters. The maximum absolute atomic E-state index is 10.9. The van der Waals surface area contributed by atoms with Crippen LogP contribution in [-0.4, -0.2) is 21.3 Å². The van der Waals surface area contributed by atoms with Gasteiger partial charge in [-0.15, -0.1) is 0 Å². The molecule has 1 heterocycles. The second kappa shape index (κ2) is 3.73. The van der Waals surface area contributed by atoms with Crippen LogP contribution in [-0.2, 0) is 4.79 Å². The fourth-order valence-electron chi connectivity index (χ4n) is 2.22. The molecule has 2 N–H and O–H groups in total. The number of benzene rings is 1. The quantitative estimate of drug-likeness (QED) is 0.846. The normalized spacial score (nSPS) is 22.4. The van der Waals surface area contributed by atoms with Crippen LogP contribution < -0.4 is 0 Å². The number of aliphatic carboxylic acids is 1. The maximum Gasteiger partial charge on any atom is 0.307 e. The number of hydrogen-bond donors (Lipinski definition) is 2. The Morgan fingerprint density at radius 2 is 2.12 bits per heavy atom. The highest BCUT2D eigenvalue weighted by Gasteiger charge is 2.45. The van der Waals surface area contributed by atoms with Gasteiger partial charge in [0.1, 0.15) is 0 Å². The first-order valence-electron chi connectivity index (χ1n) is 5.59. The second-order valence-electron chi connectivity index (χ2n) is 4.35. The standard InChI is InChI=1S/C13H12N2O2/c16-13(17)10-6-9(10)11-7-14-15-12(11)8-4-2-1-3-5-8/h1-5,7,9-10H,6H2,(H,14,15)(H,16,17). The number of hydrogen-bond acceptors (Lipinski definition) is 2. The van der Waals surface area contributed by atoms with Crippen LogP contribution in [0.15, 0.2) is 36.5 Å². The molecule has 1 aromatic heterocycles. The van der Waals surface area contributed by atoms with E-state index in [2.05, 4.69) is 10.2 Å². The van der Waals surface area contributed by atoms with Gasteiger partial charge in [-0.2, -0.15) is 5.10 Å². The molecule has 0 bridgehead atoms. The van der Waals surface area contributed by atoms with Gasteiger partial charge in [-0.1, -0.05) is 30.3 Å². The molecule has 4 heteroatoms. The van der Waals surface area contributed by atoms with E-state index in [4.69, 9.17) is 5.11 Å². The molecular weight excluding hydrogens is 216 g/mol. The number of aromatic amines is 1. The zero-order valence-corrected chi connectivity index (χ0v) is 9.13. The first-order valence-corrected chi connectivity index (χ1v) is 5.59. The van der Waals surface area contributed by atoms with Gasteiger partial charge < -0.3 is 5.11 Å². The number of carbonyl (C=O) groups is 1. The predicted molar refractivity (Wildman–Crippen MR) is 62.5 cm³/mol. The summed E-state index contributed by atoms with van der Waals surface area (Å²) in [5.41, 5.74) is 3.01. The Labute approximate surface area is 98.3 Å². The highest BCUT2D eigenvalue weighted by atomic mass is 16.4. The molecule has 3 rings (SSSR count). The monoisotopic (exact) mass is 228 g/mol. The molecule has 0 aliphatic heterocycles. The van der Waals surface area contributed by atoms with Crippen molar-refractivity contribution in [2.75, 3.05) is 0 Å². The molecule has 0 spiro atoms. The minimum absolute atomic E-state index is 0.112. The van der Waals surface area contributed by atoms with E-state index in [1.54, 1.807) is 6.20 Å².